The summed E-state index contributed by atoms with van der Waals surface area (Å²) in [6.07, 6.45) is 0.533. The maximum Gasteiger partial charge on any atom is 0.221 e. The molecule has 0 spiro atoms. The third-order valence-electron chi connectivity index (χ3n) is 1.46. The average Bonchev–Trinajstić information content (AvgIpc) is 2.14. The van der Waals surface area contributed by atoms with E-state index in [2.05, 4.69) is 17.2 Å². The van der Waals surface area contributed by atoms with E-state index in [9.17, 15) is 9.59 Å². The van der Waals surface area contributed by atoms with E-state index in [1.54, 1.807) is 24.3 Å². The Morgan fingerprint density at radius 2 is 2.29 bits per heavy atom. The number of rotatable bonds is 1. The molecule has 0 bridgehead atoms. The van der Waals surface area contributed by atoms with Crippen molar-refractivity contribution >= 4 is 17.9 Å². The highest BCUT2D eigenvalue weighted by molar-refractivity contribution is 5.88. The van der Waals surface area contributed by atoms with E-state index in [-0.39, 0.29) is 5.91 Å². The van der Waals surface area contributed by atoms with Crippen molar-refractivity contribution in [1.29, 1.82) is 0 Å². The molecule has 1 amide bonds. The molecule has 3 nitrogen and oxygen atoms in total. The normalized spacial score (nSPS) is 8.36. The van der Waals surface area contributed by atoms with Crippen LogP contribution in [0.5, 0.6) is 0 Å². The molecule has 1 N–H and O–H groups in total. The SMILES string of the molecule is CC(=O)Nc1cccc(C#CC=O)c1. The maximum atomic E-state index is 10.7. The van der Waals surface area contributed by atoms with Crippen molar-refractivity contribution in [1.82, 2.24) is 0 Å². The van der Waals surface area contributed by atoms with Crippen molar-refractivity contribution in [2.45, 2.75) is 6.92 Å². The Morgan fingerprint density at radius 1 is 1.50 bits per heavy atom. The van der Waals surface area contributed by atoms with Gasteiger partial charge in [0, 0.05) is 18.2 Å². The summed E-state index contributed by atoms with van der Waals surface area (Å²) in [4.78, 5) is 20.7. The zero-order valence-corrected chi connectivity index (χ0v) is 7.70. The number of carbonyl (C=O) groups excluding carboxylic acids is 2. The van der Waals surface area contributed by atoms with Gasteiger partial charge in [-0.25, -0.2) is 0 Å². The summed E-state index contributed by atoms with van der Waals surface area (Å²) in [5.41, 5.74) is 1.37. The molecule has 1 aromatic rings. The Morgan fingerprint density at radius 3 is 2.93 bits per heavy atom. The van der Waals surface area contributed by atoms with Gasteiger partial charge >= 0.3 is 0 Å². The number of aldehydes is 1. The number of hydrogen-bond donors (Lipinski definition) is 1. The zero-order chi connectivity index (χ0) is 10.4. The van der Waals surface area contributed by atoms with E-state index in [1.165, 1.54) is 6.92 Å². The Kier molecular flexibility index (Phi) is 3.45. The molecule has 0 aliphatic carbocycles. The minimum absolute atomic E-state index is 0.134. The summed E-state index contributed by atoms with van der Waals surface area (Å²) in [6, 6.07) is 6.99. The molecule has 0 aliphatic rings. The lowest BCUT2D eigenvalue weighted by Gasteiger charge is -2.00. The molecule has 14 heavy (non-hydrogen) atoms. The summed E-state index contributed by atoms with van der Waals surface area (Å²) in [5.74, 6) is 4.81. The van der Waals surface area contributed by atoms with Gasteiger partial charge in [0.25, 0.3) is 0 Å². The Hall–Kier alpha value is -2.08. The highest BCUT2D eigenvalue weighted by Crippen LogP contribution is 2.09. The molecule has 0 unspecified atom stereocenters. The number of anilines is 1. The molecule has 1 rings (SSSR count). The fraction of sp³-hybridized carbons (Fsp3) is 0.0909. The van der Waals surface area contributed by atoms with E-state index >= 15 is 0 Å². The predicted octanol–water partition coefficient (Wildman–Crippen LogP) is 1.20. The van der Waals surface area contributed by atoms with Gasteiger partial charge < -0.3 is 5.32 Å². The van der Waals surface area contributed by atoms with Crippen LogP contribution in [0, 0.1) is 11.8 Å². The van der Waals surface area contributed by atoms with E-state index in [0.717, 1.165) is 0 Å². The van der Waals surface area contributed by atoms with Crippen LogP contribution in [-0.2, 0) is 9.59 Å². The second kappa shape index (κ2) is 4.83. The first kappa shape index (κ1) is 10.0. The molecule has 0 aromatic heterocycles. The van der Waals surface area contributed by atoms with E-state index < -0.39 is 0 Å². The summed E-state index contributed by atoms with van der Waals surface area (Å²) in [6.45, 7) is 1.43. The number of nitrogens with one attached hydrogen (secondary N) is 1. The first-order valence-electron chi connectivity index (χ1n) is 4.05. The molecule has 0 saturated carbocycles. The van der Waals surface area contributed by atoms with Gasteiger partial charge in [0.1, 0.15) is 0 Å². The van der Waals surface area contributed by atoms with Gasteiger partial charge in [0.15, 0.2) is 6.29 Å². The first-order valence-corrected chi connectivity index (χ1v) is 4.05. The summed E-state index contributed by atoms with van der Waals surface area (Å²) < 4.78 is 0. The fourth-order valence-electron chi connectivity index (χ4n) is 0.991. The second-order valence-electron chi connectivity index (χ2n) is 2.65. The zero-order valence-electron chi connectivity index (χ0n) is 7.70. The third kappa shape index (κ3) is 3.11. The summed E-state index contributed by atoms with van der Waals surface area (Å²) >= 11 is 0. The molecule has 0 heterocycles. The topological polar surface area (TPSA) is 46.2 Å². The minimum Gasteiger partial charge on any atom is -0.326 e. The average molecular weight is 187 g/mol. The molecule has 0 aliphatic heterocycles. The van der Waals surface area contributed by atoms with Gasteiger partial charge in [-0.1, -0.05) is 12.0 Å². The van der Waals surface area contributed by atoms with Crippen LogP contribution in [-0.4, -0.2) is 12.2 Å². The summed E-state index contributed by atoms with van der Waals surface area (Å²) in [7, 11) is 0. The lowest BCUT2D eigenvalue weighted by Crippen LogP contribution is -2.05. The van der Waals surface area contributed by atoms with Crippen molar-refractivity contribution in [3.63, 3.8) is 0 Å². The van der Waals surface area contributed by atoms with Gasteiger partial charge in [0.05, 0.1) is 0 Å². The maximum absolute atomic E-state index is 10.7. The highest BCUT2D eigenvalue weighted by Gasteiger charge is 1.94. The number of hydrogen-bond acceptors (Lipinski definition) is 2. The smallest absolute Gasteiger partial charge is 0.221 e. The Balaban J connectivity index is 2.89. The molecule has 70 valence electrons. The van der Waals surface area contributed by atoms with Gasteiger partial charge in [-0.2, -0.15) is 0 Å². The van der Waals surface area contributed by atoms with Crippen LogP contribution in [0.4, 0.5) is 5.69 Å². The monoisotopic (exact) mass is 187 g/mol. The standard InChI is InChI=1S/C11H9NO2/c1-9(14)12-11-6-2-4-10(8-11)5-3-7-13/h2,4,6-8H,1H3,(H,12,14). The minimum atomic E-state index is -0.134. The van der Waals surface area contributed by atoms with Crippen LogP contribution in [0.1, 0.15) is 12.5 Å². The van der Waals surface area contributed by atoms with Crippen molar-refractivity contribution in [2.75, 3.05) is 5.32 Å². The molecule has 0 radical (unpaired) electrons. The van der Waals surface area contributed by atoms with Gasteiger partial charge in [-0.3, -0.25) is 9.59 Å². The van der Waals surface area contributed by atoms with Crippen LogP contribution in [0.15, 0.2) is 24.3 Å². The van der Waals surface area contributed by atoms with Crippen LogP contribution in [0.2, 0.25) is 0 Å². The van der Waals surface area contributed by atoms with Crippen molar-refractivity contribution in [3.05, 3.63) is 29.8 Å². The Bertz CT molecular complexity index is 413. The Labute approximate surface area is 82.1 Å². The number of carbonyl (C=O) groups is 2. The first-order chi connectivity index (χ1) is 6.72. The number of benzene rings is 1. The van der Waals surface area contributed by atoms with E-state index in [0.29, 0.717) is 17.5 Å². The third-order valence-corrected chi connectivity index (χ3v) is 1.46. The molecule has 0 atom stereocenters. The molecule has 3 heteroatoms. The van der Waals surface area contributed by atoms with Crippen LogP contribution in [0.25, 0.3) is 0 Å². The highest BCUT2D eigenvalue weighted by atomic mass is 16.1. The predicted molar refractivity (Wildman–Crippen MR) is 53.7 cm³/mol. The van der Waals surface area contributed by atoms with Crippen LogP contribution >= 0.6 is 0 Å². The largest absolute Gasteiger partial charge is 0.326 e. The molecule has 0 saturated heterocycles. The van der Waals surface area contributed by atoms with Gasteiger partial charge in [-0.15, -0.1) is 0 Å². The van der Waals surface area contributed by atoms with E-state index in [1.807, 2.05) is 0 Å². The van der Waals surface area contributed by atoms with Crippen molar-refractivity contribution in [3.8, 4) is 11.8 Å². The molecular weight excluding hydrogens is 178 g/mol. The van der Waals surface area contributed by atoms with Crippen LogP contribution in [0.3, 0.4) is 0 Å². The molecule has 1 aromatic carbocycles. The lowest BCUT2D eigenvalue weighted by atomic mass is 10.2. The fourth-order valence-corrected chi connectivity index (χ4v) is 0.991. The van der Waals surface area contributed by atoms with Crippen LogP contribution < -0.4 is 5.32 Å². The van der Waals surface area contributed by atoms with Crippen molar-refractivity contribution < 1.29 is 9.59 Å². The van der Waals surface area contributed by atoms with Crippen molar-refractivity contribution in [2.24, 2.45) is 0 Å². The van der Waals surface area contributed by atoms with Gasteiger partial charge in [0.2, 0.25) is 5.91 Å². The van der Waals surface area contributed by atoms with Gasteiger partial charge in [-0.05, 0) is 24.1 Å². The molecule has 0 fully saturated rings. The summed E-state index contributed by atoms with van der Waals surface area (Å²) in [5, 5.41) is 2.63. The molecular formula is C11H9NO2. The quantitative estimate of drug-likeness (QED) is 0.530. The number of amides is 1. The van der Waals surface area contributed by atoms with E-state index in [4.69, 9.17) is 0 Å². The second-order valence-corrected chi connectivity index (χ2v) is 2.65. The lowest BCUT2D eigenvalue weighted by molar-refractivity contribution is -0.114.